The van der Waals surface area contributed by atoms with Crippen LogP contribution < -0.4 is 9.47 Å². The minimum Gasteiger partial charge on any atom is -0.493 e. The summed E-state index contributed by atoms with van der Waals surface area (Å²) in [4.78, 5) is 10.6. The van der Waals surface area contributed by atoms with Gasteiger partial charge in [-0.1, -0.05) is 6.92 Å². The van der Waals surface area contributed by atoms with Crippen LogP contribution in [0.1, 0.15) is 35.2 Å². The molecule has 0 amide bonds. The molecule has 1 atom stereocenters. The predicted octanol–water partition coefficient (Wildman–Crippen LogP) is 5.15. The Kier molecular flexibility index (Phi) is 6.76. The lowest BCUT2D eigenvalue weighted by Crippen LogP contribution is -2.10. The number of benzene rings is 2. The van der Waals surface area contributed by atoms with Gasteiger partial charge < -0.3 is 14.6 Å². The SMILES string of the molecule is Cc1cc(OC[C@@H](C)c2cn(-c3ccc(C(F)(F)F)cc3)nc2C)ccc1OCC(=O)O. The summed E-state index contributed by atoms with van der Waals surface area (Å²) in [5.74, 6) is 0.0125. The Morgan fingerprint density at radius 2 is 1.81 bits per heavy atom. The quantitative estimate of drug-likeness (QED) is 0.516. The third-order valence-corrected chi connectivity index (χ3v) is 4.92. The van der Waals surface area contributed by atoms with Crippen molar-refractivity contribution < 1.29 is 32.5 Å². The van der Waals surface area contributed by atoms with Gasteiger partial charge >= 0.3 is 12.1 Å². The lowest BCUT2D eigenvalue weighted by molar-refractivity contribution is -0.139. The molecule has 0 saturated heterocycles. The lowest BCUT2D eigenvalue weighted by Gasteiger charge is -2.14. The number of aliphatic carboxylic acids is 1. The number of carboxylic acids is 1. The molecule has 0 spiro atoms. The van der Waals surface area contributed by atoms with Gasteiger partial charge in [0.2, 0.25) is 0 Å². The van der Waals surface area contributed by atoms with E-state index in [2.05, 4.69) is 5.10 Å². The van der Waals surface area contributed by atoms with Crippen molar-refractivity contribution in [2.75, 3.05) is 13.2 Å². The van der Waals surface area contributed by atoms with Crippen molar-refractivity contribution in [3.8, 4) is 17.2 Å². The fraction of sp³-hybridized carbons (Fsp3) is 0.304. The van der Waals surface area contributed by atoms with Crippen LogP contribution in [0, 0.1) is 13.8 Å². The number of rotatable bonds is 8. The summed E-state index contributed by atoms with van der Waals surface area (Å²) < 4.78 is 50.9. The second-order valence-corrected chi connectivity index (χ2v) is 7.48. The number of carbonyl (C=O) groups is 1. The van der Waals surface area contributed by atoms with E-state index >= 15 is 0 Å². The van der Waals surface area contributed by atoms with Gasteiger partial charge in [0.15, 0.2) is 6.61 Å². The zero-order chi connectivity index (χ0) is 23.5. The van der Waals surface area contributed by atoms with Crippen LogP contribution in [0.25, 0.3) is 5.69 Å². The maximum Gasteiger partial charge on any atom is 0.416 e. The molecule has 9 heteroatoms. The van der Waals surface area contributed by atoms with Crippen molar-refractivity contribution in [2.24, 2.45) is 0 Å². The molecular formula is C23H23F3N2O4. The van der Waals surface area contributed by atoms with Crippen LogP contribution in [0.5, 0.6) is 11.5 Å². The smallest absolute Gasteiger partial charge is 0.416 e. The van der Waals surface area contributed by atoms with Gasteiger partial charge in [-0.2, -0.15) is 18.3 Å². The Hall–Kier alpha value is -3.49. The average molecular weight is 448 g/mol. The molecule has 0 unspecified atom stereocenters. The maximum absolute atomic E-state index is 12.8. The fourth-order valence-electron chi connectivity index (χ4n) is 3.22. The average Bonchev–Trinajstić information content (AvgIpc) is 3.12. The summed E-state index contributed by atoms with van der Waals surface area (Å²) in [7, 11) is 0. The molecule has 0 aliphatic heterocycles. The normalized spacial score (nSPS) is 12.4. The summed E-state index contributed by atoms with van der Waals surface area (Å²) in [6, 6.07) is 9.97. The molecule has 0 radical (unpaired) electrons. The molecule has 2 aromatic carbocycles. The van der Waals surface area contributed by atoms with E-state index in [1.807, 2.05) is 13.8 Å². The third kappa shape index (κ3) is 5.60. The minimum atomic E-state index is -4.38. The molecule has 1 N–H and O–H groups in total. The molecule has 170 valence electrons. The van der Waals surface area contributed by atoms with Crippen LogP contribution in [0.2, 0.25) is 0 Å². The van der Waals surface area contributed by atoms with Gasteiger partial charge in [0.25, 0.3) is 0 Å². The number of aryl methyl sites for hydroxylation is 2. The summed E-state index contributed by atoms with van der Waals surface area (Å²) >= 11 is 0. The zero-order valence-electron chi connectivity index (χ0n) is 17.8. The summed E-state index contributed by atoms with van der Waals surface area (Å²) in [5, 5.41) is 13.1. The first kappa shape index (κ1) is 23.2. The maximum atomic E-state index is 12.8. The number of nitrogens with zero attached hydrogens (tertiary/aromatic N) is 2. The molecule has 32 heavy (non-hydrogen) atoms. The van der Waals surface area contributed by atoms with Crippen molar-refractivity contribution in [1.29, 1.82) is 0 Å². The summed E-state index contributed by atoms with van der Waals surface area (Å²) in [6.45, 7) is 5.55. The number of ether oxygens (including phenoxy) is 2. The second kappa shape index (κ2) is 9.33. The van der Waals surface area contributed by atoms with Gasteiger partial charge in [-0.05, 0) is 67.4 Å². The molecule has 1 aromatic heterocycles. The van der Waals surface area contributed by atoms with Crippen LogP contribution >= 0.6 is 0 Å². The molecule has 3 aromatic rings. The van der Waals surface area contributed by atoms with E-state index in [9.17, 15) is 18.0 Å². The Morgan fingerprint density at radius 1 is 1.12 bits per heavy atom. The van der Waals surface area contributed by atoms with Crippen LogP contribution in [-0.4, -0.2) is 34.1 Å². The van der Waals surface area contributed by atoms with Crippen LogP contribution in [-0.2, 0) is 11.0 Å². The van der Waals surface area contributed by atoms with E-state index < -0.39 is 24.3 Å². The Bertz CT molecular complexity index is 1090. The van der Waals surface area contributed by atoms with E-state index in [1.54, 1.807) is 36.0 Å². The molecule has 3 rings (SSSR count). The first-order valence-electron chi connectivity index (χ1n) is 9.86. The molecule has 0 aliphatic carbocycles. The first-order chi connectivity index (χ1) is 15.0. The zero-order valence-corrected chi connectivity index (χ0v) is 17.8. The van der Waals surface area contributed by atoms with E-state index in [-0.39, 0.29) is 5.92 Å². The van der Waals surface area contributed by atoms with Gasteiger partial charge in [0, 0.05) is 12.1 Å². The van der Waals surface area contributed by atoms with Gasteiger partial charge in [-0.15, -0.1) is 0 Å². The highest BCUT2D eigenvalue weighted by molar-refractivity contribution is 5.68. The molecule has 1 heterocycles. The number of halogens is 3. The standard InChI is InChI=1S/C23H23F3N2O4/c1-14-10-19(8-9-21(14)32-13-22(29)30)31-12-15(2)20-11-28(27-16(20)3)18-6-4-17(5-7-18)23(24,25)26/h4-11,15H,12-13H2,1-3H3,(H,29,30)/t15-/m1/s1. The molecule has 6 nitrogen and oxygen atoms in total. The highest BCUT2D eigenvalue weighted by Gasteiger charge is 2.30. The van der Waals surface area contributed by atoms with Crippen LogP contribution in [0.4, 0.5) is 13.2 Å². The van der Waals surface area contributed by atoms with Crippen molar-refractivity contribution in [3.63, 3.8) is 0 Å². The second-order valence-electron chi connectivity index (χ2n) is 7.48. The third-order valence-electron chi connectivity index (χ3n) is 4.92. The molecule has 0 bridgehead atoms. The summed E-state index contributed by atoms with van der Waals surface area (Å²) in [6.07, 6.45) is -2.59. The molecule has 0 aliphatic rings. The number of hydrogen-bond acceptors (Lipinski definition) is 4. The lowest BCUT2D eigenvalue weighted by atomic mass is 10.0. The molecular weight excluding hydrogens is 425 g/mol. The van der Waals surface area contributed by atoms with Crippen molar-refractivity contribution in [3.05, 3.63) is 71.0 Å². The highest BCUT2D eigenvalue weighted by atomic mass is 19.4. The van der Waals surface area contributed by atoms with Gasteiger partial charge in [0.1, 0.15) is 11.5 Å². The molecule has 0 saturated carbocycles. The number of carboxylic acid groups (broad SMARTS) is 1. The van der Waals surface area contributed by atoms with E-state index in [4.69, 9.17) is 14.6 Å². The number of aromatic nitrogens is 2. The van der Waals surface area contributed by atoms with E-state index in [1.165, 1.54) is 12.1 Å². The van der Waals surface area contributed by atoms with Crippen LogP contribution in [0.3, 0.4) is 0 Å². The van der Waals surface area contributed by atoms with E-state index in [0.29, 0.717) is 23.8 Å². The fourth-order valence-corrected chi connectivity index (χ4v) is 3.22. The largest absolute Gasteiger partial charge is 0.493 e. The van der Waals surface area contributed by atoms with Crippen molar-refractivity contribution in [2.45, 2.75) is 32.9 Å². The highest BCUT2D eigenvalue weighted by Crippen LogP contribution is 2.30. The Balaban J connectivity index is 1.66. The Labute approximate surface area is 183 Å². The topological polar surface area (TPSA) is 73.6 Å². The number of hydrogen-bond donors (Lipinski definition) is 1. The minimum absolute atomic E-state index is 0.0264. The van der Waals surface area contributed by atoms with Crippen molar-refractivity contribution in [1.82, 2.24) is 9.78 Å². The first-order valence-corrected chi connectivity index (χ1v) is 9.86. The van der Waals surface area contributed by atoms with Crippen molar-refractivity contribution >= 4 is 5.97 Å². The predicted molar refractivity (Wildman–Crippen MR) is 112 cm³/mol. The number of alkyl halides is 3. The van der Waals surface area contributed by atoms with Crippen LogP contribution in [0.15, 0.2) is 48.7 Å². The monoisotopic (exact) mass is 448 g/mol. The van der Waals surface area contributed by atoms with Gasteiger partial charge in [-0.3, -0.25) is 0 Å². The van der Waals surface area contributed by atoms with E-state index in [0.717, 1.165) is 29.0 Å². The Morgan fingerprint density at radius 3 is 2.41 bits per heavy atom. The van der Waals surface area contributed by atoms with Gasteiger partial charge in [-0.25, -0.2) is 9.48 Å². The summed E-state index contributed by atoms with van der Waals surface area (Å²) in [5.41, 5.74) is 2.26. The van der Waals surface area contributed by atoms with Gasteiger partial charge in [0.05, 0.1) is 23.6 Å². The molecule has 0 fully saturated rings.